The Balaban J connectivity index is 2.24. The molecule has 0 saturated carbocycles. The number of aliphatic hydroxyl groups excluding tert-OH is 1. The predicted molar refractivity (Wildman–Crippen MR) is 84.0 cm³/mol. The summed E-state index contributed by atoms with van der Waals surface area (Å²) in [5, 5.41) is 11.7. The van der Waals surface area contributed by atoms with Gasteiger partial charge in [-0.2, -0.15) is 4.57 Å². The van der Waals surface area contributed by atoms with E-state index in [1.807, 2.05) is 36.4 Å². The van der Waals surface area contributed by atoms with Crippen LogP contribution in [0.2, 0.25) is 0 Å². The summed E-state index contributed by atoms with van der Waals surface area (Å²) in [5.41, 5.74) is 4.05. The van der Waals surface area contributed by atoms with E-state index in [2.05, 4.69) is 28.8 Å². The standard InChI is InChI=1S/C18H15N2O/c21-12-11-20-16-8-4-3-7-15(16)19-18-14-6-2-1-5-13(14)9-10-17(18)20/h1-10,21H,11-12H2/q+1. The molecule has 1 heterocycles. The van der Waals surface area contributed by atoms with Crippen LogP contribution >= 0.6 is 0 Å². The summed E-state index contributed by atoms with van der Waals surface area (Å²) >= 11 is 0. The quantitative estimate of drug-likeness (QED) is 0.347. The highest BCUT2D eigenvalue weighted by molar-refractivity contribution is 6.04. The van der Waals surface area contributed by atoms with Crippen LogP contribution in [0.1, 0.15) is 0 Å². The minimum atomic E-state index is 0.112. The van der Waals surface area contributed by atoms with E-state index in [4.69, 9.17) is 4.98 Å². The van der Waals surface area contributed by atoms with Crippen molar-refractivity contribution in [2.24, 2.45) is 0 Å². The van der Waals surface area contributed by atoms with Crippen molar-refractivity contribution in [1.82, 2.24) is 4.98 Å². The van der Waals surface area contributed by atoms with Gasteiger partial charge in [0.1, 0.15) is 17.6 Å². The summed E-state index contributed by atoms with van der Waals surface area (Å²) in [7, 11) is 0. The molecule has 1 aromatic heterocycles. The largest absolute Gasteiger partial charge is 0.390 e. The fraction of sp³-hybridized carbons (Fsp3) is 0.111. The average Bonchev–Trinajstić information content (AvgIpc) is 2.55. The Hall–Kier alpha value is -2.52. The third kappa shape index (κ3) is 1.86. The summed E-state index contributed by atoms with van der Waals surface area (Å²) in [6.07, 6.45) is 0. The molecule has 21 heavy (non-hydrogen) atoms. The Labute approximate surface area is 122 Å². The maximum Gasteiger partial charge on any atom is 0.232 e. The maximum atomic E-state index is 9.41. The van der Waals surface area contributed by atoms with Crippen LogP contribution in [0.15, 0.2) is 60.7 Å². The van der Waals surface area contributed by atoms with Crippen LogP contribution < -0.4 is 4.57 Å². The molecular formula is C18H15N2O+. The van der Waals surface area contributed by atoms with E-state index in [1.54, 1.807) is 0 Å². The number of benzene rings is 3. The zero-order valence-corrected chi connectivity index (χ0v) is 11.5. The van der Waals surface area contributed by atoms with E-state index in [-0.39, 0.29) is 6.61 Å². The number of rotatable bonds is 2. The number of aliphatic hydroxyl groups is 1. The minimum absolute atomic E-state index is 0.112. The average molecular weight is 275 g/mol. The van der Waals surface area contributed by atoms with Crippen molar-refractivity contribution >= 4 is 32.8 Å². The van der Waals surface area contributed by atoms with Crippen LogP contribution in [0.5, 0.6) is 0 Å². The lowest BCUT2D eigenvalue weighted by Crippen LogP contribution is -2.37. The molecular weight excluding hydrogens is 260 g/mol. The van der Waals surface area contributed by atoms with Gasteiger partial charge in [-0.05, 0) is 17.5 Å². The lowest BCUT2D eigenvalue weighted by Gasteiger charge is -2.06. The second kappa shape index (κ2) is 4.79. The molecule has 0 fully saturated rings. The van der Waals surface area contributed by atoms with E-state index in [9.17, 15) is 5.11 Å². The monoisotopic (exact) mass is 275 g/mol. The van der Waals surface area contributed by atoms with Crippen molar-refractivity contribution in [3.05, 3.63) is 60.7 Å². The third-order valence-electron chi connectivity index (χ3n) is 3.90. The van der Waals surface area contributed by atoms with Gasteiger partial charge in [-0.1, -0.05) is 36.4 Å². The van der Waals surface area contributed by atoms with Crippen molar-refractivity contribution in [2.75, 3.05) is 6.61 Å². The highest BCUT2D eigenvalue weighted by Gasteiger charge is 2.17. The molecule has 0 bridgehead atoms. The first-order valence-electron chi connectivity index (χ1n) is 7.09. The van der Waals surface area contributed by atoms with Crippen molar-refractivity contribution in [3.63, 3.8) is 0 Å². The Bertz CT molecular complexity index is 963. The zero-order valence-electron chi connectivity index (χ0n) is 11.5. The Morgan fingerprint density at radius 1 is 0.857 bits per heavy atom. The summed E-state index contributed by atoms with van der Waals surface area (Å²) in [6, 6.07) is 20.5. The Kier molecular flexibility index (Phi) is 2.79. The smallest absolute Gasteiger partial charge is 0.232 e. The van der Waals surface area contributed by atoms with Crippen LogP contribution in [-0.2, 0) is 6.54 Å². The van der Waals surface area contributed by atoms with Crippen molar-refractivity contribution in [2.45, 2.75) is 6.54 Å². The second-order valence-corrected chi connectivity index (χ2v) is 5.13. The van der Waals surface area contributed by atoms with Gasteiger partial charge in [-0.25, -0.2) is 4.98 Å². The maximum absolute atomic E-state index is 9.41. The minimum Gasteiger partial charge on any atom is -0.390 e. The molecule has 4 aromatic rings. The van der Waals surface area contributed by atoms with E-state index in [0.717, 1.165) is 27.5 Å². The molecule has 0 radical (unpaired) electrons. The molecule has 102 valence electrons. The fourth-order valence-corrected chi connectivity index (χ4v) is 2.96. The third-order valence-corrected chi connectivity index (χ3v) is 3.90. The molecule has 0 aliphatic heterocycles. The van der Waals surface area contributed by atoms with Gasteiger partial charge in [-0.15, -0.1) is 0 Å². The van der Waals surface area contributed by atoms with Crippen LogP contribution in [0, 0.1) is 0 Å². The molecule has 0 aliphatic carbocycles. The van der Waals surface area contributed by atoms with Gasteiger partial charge >= 0.3 is 0 Å². The van der Waals surface area contributed by atoms with Crippen molar-refractivity contribution in [3.8, 4) is 0 Å². The molecule has 4 rings (SSSR count). The van der Waals surface area contributed by atoms with Crippen LogP contribution in [-0.4, -0.2) is 16.7 Å². The Morgan fingerprint density at radius 3 is 2.57 bits per heavy atom. The van der Waals surface area contributed by atoms with E-state index in [0.29, 0.717) is 6.54 Å². The summed E-state index contributed by atoms with van der Waals surface area (Å²) < 4.78 is 2.14. The van der Waals surface area contributed by atoms with Gasteiger partial charge in [0.2, 0.25) is 11.0 Å². The topological polar surface area (TPSA) is 37.0 Å². The molecule has 0 saturated heterocycles. The summed E-state index contributed by atoms with van der Waals surface area (Å²) in [4.78, 5) is 4.85. The van der Waals surface area contributed by atoms with Crippen molar-refractivity contribution < 1.29 is 9.67 Å². The number of fused-ring (bicyclic) bond motifs is 4. The number of aromatic nitrogens is 2. The highest BCUT2D eigenvalue weighted by Crippen LogP contribution is 2.23. The SMILES string of the molecule is OCC[n+]1c2ccccc2nc2c3ccccc3ccc21. The molecule has 0 unspecified atom stereocenters. The lowest BCUT2D eigenvalue weighted by molar-refractivity contribution is -0.647. The first kappa shape index (κ1) is 12.2. The molecule has 0 spiro atoms. The van der Waals surface area contributed by atoms with E-state index >= 15 is 0 Å². The Morgan fingerprint density at radius 2 is 1.67 bits per heavy atom. The lowest BCUT2D eigenvalue weighted by atomic mass is 10.1. The molecule has 3 aromatic carbocycles. The molecule has 3 heteroatoms. The number of para-hydroxylation sites is 2. The normalized spacial score (nSPS) is 11.5. The molecule has 1 N–H and O–H groups in total. The van der Waals surface area contributed by atoms with Crippen LogP contribution in [0.3, 0.4) is 0 Å². The zero-order chi connectivity index (χ0) is 14.2. The first-order valence-corrected chi connectivity index (χ1v) is 7.09. The van der Waals surface area contributed by atoms with E-state index in [1.165, 1.54) is 5.39 Å². The molecule has 0 atom stereocenters. The summed E-state index contributed by atoms with van der Waals surface area (Å²) in [5.74, 6) is 0. The van der Waals surface area contributed by atoms with Crippen LogP contribution in [0.25, 0.3) is 32.8 Å². The van der Waals surface area contributed by atoms with Gasteiger partial charge in [-0.3, -0.25) is 0 Å². The number of nitrogens with zero attached hydrogens (tertiary/aromatic N) is 2. The van der Waals surface area contributed by atoms with Gasteiger partial charge < -0.3 is 5.11 Å². The second-order valence-electron chi connectivity index (χ2n) is 5.13. The van der Waals surface area contributed by atoms with Gasteiger partial charge in [0.15, 0.2) is 6.54 Å². The highest BCUT2D eigenvalue weighted by atomic mass is 16.3. The number of hydrogen-bond acceptors (Lipinski definition) is 2. The fourth-order valence-electron chi connectivity index (χ4n) is 2.96. The summed E-state index contributed by atoms with van der Waals surface area (Å²) in [6.45, 7) is 0.679. The van der Waals surface area contributed by atoms with E-state index < -0.39 is 0 Å². The molecule has 0 amide bonds. The van der Waals surface area contributed by atoms with Crippen molar-refractivity contribution in [1.29, 1.82) is 0 Å². The first-order chi connectivity index (χ1) is 10.4. The van der Waals surface area contributed by atoms with Crippen LogP contribution in [0.4, 0.5) is 0 Å². The number of hydrogen-bond donors (Lipinski definition) is 1. The molecule has 3 nitrogen and oxygen atoms in total. The molecule has 0 aliphatic rings. The van der Waals surface area contributed by atoms with Gasteiger partial charge in [0.25, 0.3) is 0 Å². The predicted octanol–water partition coefficient (Wildman–Crippen LogP) is 2.82. The van der Waals surface area contributed by atoms with Gasteiger partial charge in [0, 0.05) is 17.5 Å². The van der Waals surface area contributed by atoms with Gasteiger partial charge in [0.05, 0.1) is 0 Å².